The van der Waals surface area contributed by atoms with Gasteiger partial charge in [0.2, 0.25) is 0 Å². The molecule has 4 nitrogen and oxygen atoms in total. The SMILES string of the molecule is COCCOCCCOc1ccccc1N. The van der Waals surface area contributed by atoms with Gasteiger partial charge in [0.1, 0.15) is 5.75 Å². The minimum absolute atomic E-state index is 0.612. The molecule has 0 aliphatic carbocycles. The predicted octanol–water partition coefficient (Wildman–Crippen LogP) is 1.70. The van der Waals surface area contributed by atoms with E-state index in [0.29, 0.717) is 32.1 Å². The molecule has 1 rings (SSSR count). The van der Waals surface area contributed by atoms with Gasteiger partial charge in [-0.25, -0.2) is 0 Å². The van der Waals surface area contributed by atoms with Gasteiger partial charge in [0.05, 0.1) is 25.5 Å². The highest BCUT2D eigenvalue weighted by molar-refractivity contribution is 5.51. The van der Waals surface area contributed by atoms with Crippen molar-refractivity contribution in [3.63, 3.8) is 0 Å². The summed E-state index contributed by atoms with van der Waals surface area (Å²) in [7, 11) is 1.66. The maximum atomic E-state index is 5.73. The second-order valence-electron chi connectivity index (χ2n) is 3.35. The van der Waals surface area contributed by atoms with Crippen LogP contribution in [0.2, 0.25) is 0 Å². The molecule has 1 aromatic carbocycles. The number of nitrogens with two attached hydrogens (primary N) is 1. The topological polar surface area (TPSA) is 53.7 Å². The van der Waals surface area contributed by atoms with Crippen molar-refractivity contribution < 1.29 is 14.2 Å². The molecule has 0 aliphatic rings. The van der Waals surface area contributed by atoms with E-state index in [1.54, 1.807) is 7.11 Å². The molecule has 0 fully saturated rings. The molecule has 0 amide bonds. The third-order valence-corrected chi connectivity index (χ3v) is 2.04. The van der Waals surface area contributed by atoms with Crippen molar-refractivity contribution in [2.45, 2.75) is 6.42 Å². The third-order valence-electron chi connectivity index (χ3n) is 2.04. The largest absolute Gasteiger partial charge is 0.491 e. The minimum atomic E-state index is 0.612. The number of benzene rings is 1. The normalized spacial score (nSPS) is 10.3. The zero-order chi connectivity index (χ0) is 11.6. The highest BCUT2D eigenvalue weighted by Crippen LogP contribution is 2.19. The van der Waals surface area contributed by atoms with E-state index in [-0.39, 0.29) is 0 Å². The fourth-order valence-electron chi connectivity index (χ4n) is 1.20. The number of para-hydroxylation sites is 2. The van der Waals surface area contributed by atoms with Crippen LogP contribution in [0.15, 0.2) is 24.3 Å². The molecule has 0 aromatic heterocycles. The molecule has 0 atom stereocenters. The van der Waals surface area contributed by atoms with E-state index in [4.69, 9.17) is 19.9 Å². The molecule has 1 aromatic rings. The van der Waals surface area contributed by atoms with Crippen molar-refractivity contribution in [1.29, 1.82) is 0 Å². The summed E-state index contributed by atoms with van der Waals surface area (Å²) in [5.41, 5.74) is 6.40. The molecule has 0 saturated heterocycles. The second kappa shape index (κ2) is 7.96. The van der Waals surface area contributed by atoms with Crippen molar-refractivity contribution in [2.24, 2.45) is 0 Å². The van der Waals surface area contributed by atoms with Gasteiger partial charge in [-0.15, -0.1) is 0 Å². The van der Waals surface area contributed by atoms with Crippen LogP contribution in [-0.2, 0) is 9.47 Å². The molecule has 0 spiro atoms. The molecule has 0 radical (unpaired) electrons. The first-order chi connectivity index (χ1) is 7.84. The van der Waals surface area contributed by atoms with E-state index in [0.717, 1.165) is 12.2 Å². The van der Waals surface area contributed by atoms with E-state index in [1.807, 2.05) is 24.3 Å². The summed E-state index contributed by atoms with van der Waals surface area (Å²) in [4.78, 5) is 0. The first-order valence-electron chi connectivity index (χ1n) is 5.38. The van der Waals surface area contributed by atoms with Crippen LogP contribution in [0, 0.1) is 0 Å². The molecule has 0 bridgehead atoms. The summed E-state index contributed by atoms with van der Waals surface area (Å²) < 4.78 is 15.7. The zero-order valence-electron chi connectivity index (χ0n) is 9.65. The smallest absolute Gasteiger partial charge is 0.142 e. The molecular formula is C12H19NO3. The van der Waals surface area contributed by atoms with E-state index < -0.39 is 0 Å². The number of anilines is 1. The lowest BCUT2D eigenvalue weighted by Gasteiger charge is -2.08. The van der Waals surface area contributed by atoms with Crippen molar-refractivity contribution >= 4 is 5.69 Å². The Hall–Kier alpha value is -1.26. The second-order valence-corrected chi connectivity index (χ2v) is 3.35. The van der Waals surface area contributed by atoms with Gasteiger partial charge in [0.15, 0.2) is 0 Å². The zero-order valence-corrected chi connectivity index (χ0v) is 9.65. The summed E-state index contributed by atoms with van der Waals surface area (Å²) in [6.45, 7) is 2.55. The molecule has 16 heavy (non-hydrogen) atoms. The Kier molecular flexibility index (Phi) is 6.37. The molecule has 0 heterocycles. The van der Waals surface area contributed by atoms with Gasteiger partial charge < -0.3 is 19.9 Å². The van der Waals surface area contributed by atoms with E-state index in [9.17, 15) is 0 Å². The maximum Gasteiger partial charge on any atom is 0.142 e. The maximum absolute atomic E-state index is 5.73. The molecule has 0 aliphatic heterocycles. The molecule has 2 N–H and O–H groups in total. The number of hydrogen-bond acceptors (Lipinski definition) is 4. The van der Waals surface area contributed by atoms with Crippen LogP contribution in [0.5, 0.6) is 5.75 Å². The average molecular weight is 225 g/mol. The first kappa shape index (κ1) is 12.8. The number of rotatable bonds is 8. The highest BCUT2D eigenvalue weighted by Gasteiger charge is 1.97. The van der Waals surface area contributed by atoms with Gasteiger partial charge >= 0.3 is 0 Å². The fraction of sp³-hybridized carbons (Fsp3) is 0.500. The predicted molar refractivity (Wildman–Crippen MR) is 63.7 cm³/mol. The van der Waals surface area contributed by atoms with E-state index in [2.05, 4.69) is 0 Å². The van der Waals surface area contributed by atoms with Gasteiger partial charge in [-0.05, 0) is 12.1 Å². The Bertz CT molecular complexity index is 291. The highest BCUT2D eigenvalue weighted by atomic mass is 16.5. The summed E-state index contributed by atoms with van der Waals surface area (Å²) in [5, 5.41) is 0. The monoisotopic (exact) mass is 225 g/mol. The van der Waals surface area contributed by atoms with Gasteiger partial charge in [0.25, 0.3) is 0 Å². The molecule has 0 saturated carbocycles. The van der Waals surface area contributed by atoms with Crippen molar-refractivity contribution in [3.8, 4) is 5.75 Å². The summed E-state index contributed by atoms with van der Waals surface area (Å²) >= 11 is 0. The lowest BCUT2D eigenvalue weighted by atomic mass is 10.3. The molecular weight excluding hydrogens is 206 g/mol. The summed E-state index contributed by atoms with van der Waals surface area (Å²) in [5.74, 6) is 0.736. The van der Waals surface area contributed by atoms with Crippen molar-refractivity contribution in [2.75, 3.05) is 39.3 Å². The minimum Gasteiger partial charge on any atom is -0.491 e. The van der Waals surface area contributed by atoms with Gasteiger partial charge in [-0.3, -0.25) is 0 Å². The fourth-order valence-corrected chi connectivity index (χ4v) is 1.20. The van der Waals surface area contributed by atoms with Crippen LogP contribution in [0.4, 0.5) is 5.69 Å². The molecule has 90 valence electrons. The number of hydrogen-bond donors (Lipinski definition) is 1. The summed E-state index contributed by atoms with van der Waals surface area (Å²) in [6.07, 6.45) is 0.845. The Morgan fingerprint density at radius 1 is 1.06 bits per heavy atom. The van der Waals surface area contributed by atoms with Crippen LogP contribution in [0.25, 0.3) is 0 Å². The van der Waals surface area contributed by atoms with Crippen molar-refractivity contribution in [1.82, 2.24) is 0 Å². The van der Waals surface area contributed by atoms with Crippen LogP contribution < -0.4 is 10.5 Å². The van der Waals surface area contributed by atoms with E-state index >= 15 is 0 Å². The van der Waals surface area contributed by atoms with Crippen LogP contribution in [0.3, 0.4) is 0 Å². The number of nitrogen functional groups attached to an aromatic ring is 1. The van der Waals surface area contributed by atoms with E-state index in [1.165, 1.54) is 0 Å². The van der Waals surface area contributed by atoms with Gasteiger partial charge in [-0.2, -0.15) is 0 Å². The van der Waals surface area contributed by atoms with Gasteiger partial charge in [-0.1, -0.05) is 12.1 Å². The van der Waals surface area contributed by atoms with Crippen LogP contribution in [0.1, 0.15) is 6.42 Å². The molecule has 4 heteroatoms. The van der Waals surface area contributed by atoms with Crippen molar-refractivity contribution in [3.05, 3.63) is 24.3 Å². The Balaban J connectivity index is 2.05. The standard InChI is InChI=1S/C12H19NO3/c1-14-9-10-15-7-4-8-16-12-6-3-2-5-11(12)13/h2-3,5-6H,4,7-10,13H2,1H3. The Morgan fingerprint density at radius 2 is 1.88 bits per heavy atom. The van der Waals surface area contributed by atoms with Crippen LogP contribution >= 0.6 is 0 Å². The summed E-state index contributed by atoms with van der Waals surface area (Å²) in [6, 6.07) is 7.47. The Morgan fingerprint density at radius 3 is 2.62 bits per heavy atom. The quantitative estimate of drug-likeness (QED) is 0.540. The van der Waals surface area contributed by atoms with Gasteiger partial charge in [0, 0.05) is 20.1 Å². The number of ether oxygens (including phenoxy) is 3. The Labute approximate surface area is 96.3 Å². The average Bonchev–Trinajstić information content (AvgIpc) is 2.30. The lowest BCUT2D eigenvalue weighted by Crippen LogP contribution is -2.07. The third kappa shape index (κ3) is 5.00. The first-order valence-corrected chi connectivity index (χ1v) is 5.38. The number of methoxy groups -OCH3 is 1. The lowest BCUT2D eigenvalue weighted by molar-refractivity contribution is 0.0645. The van der Waals surface area contributed by atoms with Crippen LogP contribution in [-0.4, -0.2) is 33.5 Å². The molecule has 0 unspecified atom stereocenters.